The highest BCUT2D eigenvalue weighted by Crippen LogP contribution is 2.33. The molecule has 2 fully saturated rings. The summed E-state index contributed by atoms with van der Waals surface area (Å²) in [5, 5.41) is 9.82. The molecule has 0 saturated carbocycles. The van der Waals surface area contributed by atoms with Crippen molar-refractivity contribution in [3.63, 3.8) is 0 Å². The Morgan fingerprint density at radius 1 is 0.938 bits per heavy atom. The average Bonchev–Trinajstić information content (AvgIpc) is 3.25. The summed E-state index contributed by atoms with van der Waals surface area (Å²) in [7, 11) is 4.19. The highest BCUT2D eigenvalue weighted by atomic mass is 15.3. The third-order valence-electron chi connectivity index (χ3n) is 8.01. The van der Waals surface area contributed by atoms with Crippen LogP contribution in [0.5, 0.6) is 0 Å². The first-order valence-electron chi connectivity index (χ1n) is 12.7. The maximum Gasteiger partial charge on any atom is 0.0697 e. The first kappa shape index (κ1) is 23.5. The lowest BCUT2D eigenvalue weighted by Crippen LogP contribution is -2.42. The molecule has 2 aliphatic heterocycles. The molecule has 0 spiro atoms. The number of rotatable bonds is 6. The van der Waals surface area contributed by atoms with Gasteiger partial charge in [-0.05, 0) is 84.5 Å². The number of aromatic nitrogens is 4. The van der Waals surface area contributed by atoms with Gasteiger partial charge in [-0.25, -0.2) is 0 Å². The van der Waals surface area contributed by atoms with E-state index in [2.05, 4.69) is 62.3 Å². The summed E-state index contributed by atoms with van der Waals surface area (Å²) in [6.07, 6.45) is 8.28. The zero-order valence-corrected chi connectivity index (χ0v) is 21.4. The van der Waals surface area contributed by atoms with Crippen LogP contribution in [0.1, 0.15) is 86.5 Å². The van der Waals surface area contributed by atoms with Crippen molar-refractivity contribution in [1.82, 2.24) is 29.4 Å². The molecule has 2 saturated heterocycles. The molecule has 2 aromatic rings. The van der Waals surface area contributed by atoms with Gasteiger partial charge in [0.25, 0.3) is 0 Å². The minimum absolute atomic E-state index is 0.502. The van der Waals surface area contributed by atoms with E-state index in [1.54, 1.807) is 0 Å². The predicted octanol–water partition coefficient (Wildman–Crippen LogP) is 4.17. The zero-order valence-electron chi connectivity index (χ0n) is 21.4. The fourth-order valence-corrected chi connectivity index (χ4v) is 6.23. The smallest absolute Gasteiger partial charge is 0.0697 e. The van der Waals surface area contributed by atoms with Gasteiger partial charge in [-0.3, -0.25) is 14.3 Å². The summed E-state index contributed by atoms with van der Waals surface area (Å²) in [6.45, 7) is 16.3. The second-order valence-electron chi connectivity index (χ2n) is 10.8. The van der Waals surface area contributed by atoms with Crippen LogP contribution in [0.2, 0.25) is 0 Å². The Balaban J connectivity index is 1.45. The summed E-state index contributed by atoms with van der Waals surface area (Å²) in [5.41, 5.74) is 6.84. The molecule has 0 N–H and O–H groups in total. The maximum atomic E-state index is 5.04. The van der Waals surface area contributed by atoms with Gasteiger partial charge in [0.1, 0.15) is 0 Å². The van der Waals surface area contributed by atoms with Crippen molar-refractivity contribution in [2.75, 3.05) is 26.2 Å². The fourth-order valence-electron chi connectivity index (χ4n) is 6.23. The summed E-state index contributed by atoms with van der Waals surface area (Å²) in [6, 6.07) is 1.13. The Hall–Kier alpha value is -1.66. The minimum atomic E-state index is 0.502. The predicted molar refractivity (Wildman–Crippen MR) is 131 cm³/mol. The largest absolute Gasteiger partial charge is 0.300 e. The molecule has 4 rings (SSSR count). The van der Waals surface area contributed by atoms with Gasteiger partial charge in [0.05, 0.1) is 11.4 Å². The number of hydrogen-bond acceptors (Lipinski definition) is 4. The van der Waals surface area contributed by atoms with E-state index in [1.165, 1.54) is 73.5 Å². The molecule has 3 unspecified atom stereocenters. The van der Waals surface area contributed by atoms with E-state index in [-0.39, 0.29) is 0 Å². The number of nitrogens with zero attached hydrogens (tertiary/aromatic N) is 6. The second-order valence-corrected chi connectivity index (χ2v) is 10.8. The molecule has 178 valence electrons. The molecule has 0 bridgehead atoms. The van der Waals surface area contributed by atoms with E-state index >= 15 is 0 Å². The molecule has 32 heavy (non-hydrogen) atoms. The van der Waals surface area contributed by atoms with Gasteiger partial charge in [-0.2, -0.15) is 10.2 Å². The number of likely N-dealkylation sites (tertiary alicyclic amines) is 2. The highest BCUT2D eigenvalue weighted by molar-refractivity contribution is 5.29. The molecule has 0 aliphatic carbocycles. The van der Waals surface area contributed by atoms with Crippen LogP contribution in [-0.4, -0.2) is 67.6 Å². The lowest BCUT2D eigenvalue weighted by atomic mass is 9.90. The van der Waals surface area contributed by atoms with Gasteiger partial charge in [-0.1, -0.05) is 0 Å². The van der Waals surface area contributed by atoms with E-state index < -0.39 is 0 Å². The van der Waals surface area contributed by atoms with Crippen LogP contribution >= 0.6 is 0 Å². The molecule has 2 aromatic heterocycles. The van der Waals surface area contributed by atoms with E-state index in [4.69, 9.17) is 10.2 Å². The standard InChI is InChI=1S/C26H44N6/c1-18(2)31-12-9-11-23(17-31)26-21(5)24(27-30(26)7)14-20(4)32-13-8-10-22(16-32)25-19(3)15-29(6)28-25/h15,18,20,22-23H,8-14,16-17H2,1-7H3. The fraction of sp³-hybridized carbons (Fsp3) is 0.769. The van der Waals surface area contributed by atoms with Gasteiger partial charge >= 0.3 is 0 Å². The van der Waals surface area contributed by atoms with Crippen LogP contribution in [0.4, 0.5) is 0 Å². The normalized spacial score (nSPS) is 24.4. The van der Waals surface area contributed by atoms with Crippen LogP contribution in [0.3, 0.4) is 0 Å². The molecule has 6 heteroatoms. The SMILES string of the molecule is Cc1cn(C)nc1C1CCCN(C(C)Cc2nn(C)c(C3CCCN(C(C)C)C3)c2C)C1. The Bertz CT molecular complexity index is 910. The lowest BCUT2D eigenvalue weighted by Gasteiger charge is -2.36. The molecule has 2 aliphatic rings. The van der Waals surface area contributed by atoms with Crippen molar-refractivity contribution in [2.45, 2.75) is 90.6 Å². The number of hydrogen-bond donors (Lipinski definition) is 0. The van der Waals surface area contributed by atoms with Crippen LogP contribution in [-0.2, 0) is 20.5 Å². The van der Waals surface area contributed by atoms with E-state index in [1.807, 2.05) is 11.7 Å². The Labute approximate surface area is 195 Å². The van der Waals surface area contributed by atoms with Crippen LogP contribution in [0.25, 0.3) is 0 Å². The van der Waals surface area contributed by atoms with Gasteiger partial charge < -0.3 is 4.90 Å². The highest BCUT2D eigenvalue weighted by Gasteiger charge is 2.30. The second kappa shape index (κ2) is 9.68. The monoisotopic (exact) mass is 440 g/mol. The van der Waals surface area contributed by atoms with Crippen molar-refractivity contribution in [3.8, 4) is 0 Å². The molecular weight excluding hydrogens is 396 g/mol. The summed E-state index contributed by atoms with van der Waals surface area (Å²) < 4.78 is 4.17. The maximum absolute atomic E-state index is 5.04. The Morgan fingerprint density at radius 3 is 2.25 bits per heavy atom. The van der Waals surface area contributed by atoms with Crippen molar-refractivity contribution in [2.24, 2.45) is 14.1 Å². The van der Waals surface area contributed by atoms with E-state index in [0.717, 1.165) is 13.0 Å². The van der Waals surface area contributed by atoms with Gasteiger partial charge in [0, 0.05) is 69.4 Å². The summed E-state index contributed by atoms with van der Waals surface area (Å²) in [4.78, 5) is 5.31. The molecule has 3 atom stereocenters. The molecule has 0 amide bonds. The van der Waals surface area contributed by atoms with Gasteiger partial charge in [0.15, 0.2) is 0 Å². The third-order valence-corrected chi connectivity index (χ3v) is 8.01. The molecule has 4 heterocycles. The first-order chi connectivity index (χ1) is 15.2. The lowest BCUT2D eigenvalue weighted by molar-refractivity contribution is 0.154. The van der Waals surface area contributed by atoms with Crippen molar-refractivity contribution < 1.29 is 0 Å². The topological polar surface area (TPSA) is 42.1 Å². The van der Waals surface area contributed by atoms with E-state index in [0.29, 0.717) is 23.9 Å². The van der Waals surface area contributed by atoms with Crippen molar-refractivity contribution in [1.29, 1.82) is 0 Å². The zero-order chi connectivity index (χ0) is 23.0. The Kier molecular flexibility index (Phi) is 7.11. The van der Waals surface area contributed by atoms with Crippen LogP contribution in [0.15, 0.2) is 6.20 Å². The average molecular weight is 441 g/mol. The van der Waals surface area contributed by atoms with Crippen LogP contribution in [0, 0.1) is 13.8 Å². The third kappa shape index (κ3) is 4.81. The van der Waals surface area contributed by atoms with Gasteiger partial charge in [-0.15, -0.1) is 0 Å². The van der Waals surface area contributed by atoms with Crippen molar-refractivity contribution >= 4 is 0 Å². The quantitative estimate of drug-likeness (QED) is 0.676. The minimum Gasteiger partial charge on any atom is -0.300 e. The molecular formula is C26H44N6. The van der Waals surface area contributed by atoms with Gasteiger partial charge in [0.2, 0.25) is 0 Å². The van der Waals surface area contributed by atoms with Crippen LogP contribution < -0.4 is 0 Å². The summed E-state index contributed by atoms with van der Waals surface area (Å²) in [5.74, 6) is 1.16. The molecule has 0 aromatic carbocycles. The molecule has 0 radical (unpaired) electrons. The van der Waals surface area contributed by atoms with E-state index in [9.17, 15) is 0 Å². The first-order valence-corrected chi connectivity index (χ1v) is 12.7. The summed E-state index contributed by atoms with van der Waals surface area (Å²) >= 11 is 0. The molecule has 6 nitrogen and oxygen atoms in total. The van der Waals surface area contributed by atoms with Crippen molar-refractivity contribution in [3.05, 3.63) is 34.4 Å². The Morgan fingerprint density at radius 2 is 1.59 bits per heavy atom. The number of piperidine rings is 2. The number of aryl methyl sites for hydroxylation is 3.